The van der Waals surface area contributed by atoms with Crippen molar-refractivity contribution in [2.45, 2.75) is 6.42 Å². The molecule has 5 nitrogen and oxygen atoms in total. The number of ether oxygens (including phenoxy) is 1. The number of nitrogens with zero attached hydrogens (tertiary/aromatic N) is 3. The van der Waals surface area contributed by atoms with Crippen molar-refractivity contribution in [2.24, 2.45) is 0 Å². The van der Waals surface area contributed by atoms with E-state index in [1.807, 2.05) is 6.07 Å². The Balaban J connectivity index is 1.60. The average molecular weight is 347 g/mol. The zero-order valence-electron chi connectivity index (χ0n) is 13.9. The summed E-state index contributed by atoms with van der Waals surface area (Å²) in [5, 5.41) is 0. The maximum Gasteiger partial charge on any atom is 0.227 e. The summed E-state index contributed by atoms with van der Waals surface area (Å²) in [6.45, 7) is 2.26. The van der Waals surface area contributed by atoms with E-state index in [-0.39, 0.29) is 17.9 Å². The van der Waals surface area contributed by atoms with Gasteiger partial charge >= 0.3 is 0 Å². The van der Waals surface area contributed by atoms with Crippen LogP contribution < -0.4 is 9.64 Å². The van der Waals surface area contributed by atoms with Crippen molar-refractivity contribution >= 4 is 11.7 Å². The molecule has 1 saturated heterocycles. The van der Waals surface area contributed by atoms with Gasteiger partial charge in [-0.2, -0.15) is 0 Å². The van der Waals surface area contributed by atoms with Crippen molar-refractivity contribution in [3.8, 4) is 5.75 Å². The van der Waals surface area contributed by atoms with Crippen LogP contribution in [0.25, 0.3) is 0 Å². The van der Waals surface area contributed by atoms with E-state index in [1.54, 1.807) is 24.3 Å². The number of rotatable bonds is 4. The van der Waals surface area contributed by atoms with E-state index >= 15 is 0 Å². The van der Waals surface area contributed by atoms with Gasteiger partial charge in [-0.15, -0.1) is 0 Å². The Morgan fingerprint density at radius 1 is 1.16 bits per heavy atom. The Morgan fingerprint density at radius 2 is 1.92 bits per heavy atom. The monoisotopic (exact) mass is 347 g/mol. The maximum atomic E-state index is 13.7. The standard InChI is InChI=1S/C18H19F2N3O2/c1-25-15-4-5-21-17(12-15)22-6-8-23(9-7-22)18(24)11-13-10-14(19)2-3-16(13)20/h2-5,10,12H,6-9,11H2,1H3. The first-order chi connectivity index (χ1) is 12.1. The van der Waals surface area contributed by atoms with Crippen molar-refractivity contribution in [3.63, 3.8) is 0 Å². The second-order valence-electron chi connectivity index (χ2n) is 5.83. The van der Waals surface area contributed by atoms with Gasteiger partial charge in [0, 0.05) is 44.0 Å². The number of piperazine rings is 1. The number of carbonyl (C=O) groups is 1. The summed E-state index contributed by atoms with van der Waals surface area (Å²) in [6, 6.07) is 6.79. The lowest BCUT2D eigenvalue weighted by Crippen LogP contribution is -2.49. The summed E-state index contributed by atoms with van der Waals surface area (Å²) in [7, 11) is 1.60. The van der Waals surface area contributed by atoms with Gasteiger partial charge in [0.25, 0.3) is 0 Å². The lowest BCUT2D eigenvalue weighted by atomic mass is 10.1. The molecule has 2 aromatic rings. The molecule has 0 aliphatic carbocycles. The molecule has 1 aromatic heterocycles. The third-order valence-corrected chi connectivity index (χ3v) is 4.26. The minimum atomic E-state index is -0.561. The topological polar surface area (TPSA) is 45.7 Å². The smallest absolute Gasteiger partial charge is 0.227 e. The van der Waals surface area contributed by atoms with Gasteiger partial charge in [-0.05, 0) is 24.3 Å². The van der Waals surface area contributed by atoms with E-state index < -0.39 is 11.6 Å². The number of pyridine rings is 1. The van der Waals surface area contributed by atoms with Crippen LogP contribution in [0.1, 0.15) is 5.56 Å². The summed E-state index contributed by atoms with van der Waals surface area (Å²) in [6.07, 6.45) is 1.54. The minimum absolute atomic E-state index is 0.0851. The highest BCUT2D eigenvalue weighted by molar-refractivity contribution is 5.79. The van der Waals surface area contributed by atoms with E-state index in [0.717, 1.165) is 29.8 Å². The van der Waals surface area contributed by atoms with E-state index in [2.05, 4.69) is 9.88 Å². The normalized spacial score (nSPS) is 14.5. The number of halogens is 2. The van der Waals surface area contributed by atoms with Gasteiger partial charge in [0.05, 0.1) is 13.5 Å². The van der Waals surface area contributed by atoms with E-state index in [1.165, 1.54) is 0 Å². The van der Waals surface area contributed by atoms with Gasteiger partial charge in [-0.1, -0.05) is 0 Å². The van der Waals surface area contributed by atoms with Crippen LogP contribution in [0.5, 0.6) is 5.75 Å². The zero-order valence-corrected chi connectivity index (χ0v) is 13.9. The lowest BCUT2D eigenvalue weighted by Gasteiger charge is -2.35. The molecule has 0 unspecified atom stereocenters. The number of amides is 1. The van der Waals surface area contributed by atoms with Crippen molar-refractivity contribution in [1.82, 2.24) is 9.88 Å². The number of hydrogen-bond donors (Lipinski definition) is 0. The molecule has 2 heterocycles. The SMILES string of the molecule is COc1ccnc(N2CCN(C(=O)Cc3cc(F)ccc3F)CC2)c1. The van der Waals surface area contributed by atoms with E-state index in [4.69, 9.17) is 4.74 Å². The Labute approximate surface area is 144 Å². The fourth-order valence-corrected chi connectivity index (χ4v) is 2.84. The number of hydrogen-bond acceptors (Lipinski definition) is 4. The Hall–Kier alpha value is -2.70. The molecule has 0 radical (unpaired) electrons. The van der Waals surface area contributed by atoms with Crippen LogP contribution in [0.2, 0.25) is 0 Å². The van der Waals surface area contributed by atoms with E-state index in [9.17, 15) is 13.6 Å². The average Bonchev–Trinajstić information content (AvgIpc) is 2.65. The Bertz CT molecular complexity index is 762. The lowest BCUT2D eigenvalue weighted by molar-refractivity contribution is -0.130. The van der Waals surface area contributed by atoms with Crippen molar-refractivity contribution in [2.75, 3.05) is 38.2 Å². The van der Waals surface area contributed by atoms with Crippen LogP contribution in [0.3, 0.4) is 0 Å². The molecule has 25 heavy (non-hydrogen) atoms. The Morgan fingerprint density at radius 3 is 2.64 bits per heavy atom. The minimum Gasteiger partial charge on any atom is -0.497 e. The van der Waals surface area contributed by atoms with Gasteiger partial charge in [-0.25, -0.2) is 13.8 Å². The molecule has 0 spiro atoms. The predicted octanol–water partition coefficient (Wildman–Crippen LogP) is 2.26. The van der Waals surface area contributed by atoms with Crippen molar-refractivity contribution in [3.05, 3.63) is 53.7 Å². The number of benzene rings is 1. The first kappa shape index (κ1) is 17.1. The van der Waals surface area contributed by atoms with Crippen LogP contribution in [0.4, 0.5) is 14.6 Å². The number of methoxy groups -OCH3 is 1. The van der Waals surface area contributed by atoms with E-state index in [0.29, 0.717) is 26.2 Å². The number of carbonyl (C=O) groups excluding carboxylic acids is 1. The van der Waals surface area contributed by atoms with Crippen LogP contribution in [-0.4, -0.2) is 49.1 Å². The number of aromatic nitrogens is 1. The summed E-state index contributed by atoms with van der Waals surface area (Å²) in [5.74, 6) is 0.211. The molecule has 0 saturated carbocycles. The molecule has 7 heteroatoms. The van der Waals surface area contributed by atoms with Crippen molar-refractivity contribution < 1.29 is 18.3 Å². The predicted molar refractivity (Wildman–Crippen MR) is 89.6 cm³/mol. The first-order valence-corrected chi connectivity index (χ1v) is 8.03. The molecular formula is C18H19F2N3O2. The van der Waals surface area contributed by atoms with Crippen LogP contribution >= 0.6 is 0 Å². The molecular weight excluding hydrogens is 328 g/mol. The first-order valence-electron chi connectivity index (χ1n) is 8.03. The molecule has 3 rings (SSSR count). The molecule has 0 N–H and O–H groups in total. The van der Waals surface area contributed by atoms with Gasteiger partial charge < -0.3 is 14.5 Å². The van der Waals surface area contributed by atoms with Crippen LogP contribution in [0.15, 0.2) is 36.5 Å². The highest BCUT2D eigenvalue weighted by atomic mass is 19.1. The van der Waals surface area contributed by atoms with Gasteiger partial charge in [-0.3, -0.25) is 4.79 Å². The fourth-order valence-electron chi connectivity index (χ4n) is 2.84. The van der Waals surface area contributed by atoms with Gasteiger partial charge in [0.1, 0.15) is 23.2 Å². The molecule has 0 atom stereocenters. The fraction of sp³-hybridized carbons (Fsp3) is 0.333. The number of anilines is 1. The molecule has 1 aliphatic heterocycles. The quantitative estimate of drug-likeness (QED) is 0.851. The molecule has 1 fully saturated rings. The van der Waals surface area contributed by atoms with Crippen LogP contribution in [0, 0.1) is 11.6 Å². The summed E-state index contributed by atoms with van der Waals surface area (Å²) < 4.78 is 32.1. The summed E-state index contributed by atoms with van der Waals surface area (Å²) in [5.41, 5.74) is 0.0851. The third kappa shape index (κ3) is 4.04. The molecule has 1 amide bonds. The van der Waals surface area contributed by atoms with Gasteiger partial charge in [0.2, 0.25) is 5.91 Å². The largest absolute Gasteiger partial charge is 0.497 e. The molecule has 1 aromatic carbocycles. The summed E-state index contributed by atoms with van der Waals surface area (Å²) >= 11 is 0. The molecule has 132 valence electrons. The highest BCUT2D eigenvalue weighted by Gasteiger charge is 2.23. The third-order valence-electron chi connectivity index (χ3n) is 4.26. The summed E-state index contributed by atoms with van der Waals surface area (Å²) in [4.78, 5) is 20.4. The second-order valence-corrected chi connectivity index (χ2v) is 5.83. The maximum absolute atomic E-state index is 13.7. The van der Waals surface area contributed by atoms with Gasteiger partial charge in [0.15, 0.2) is 0 Å². The van der Waals surface area contributed by atoms with Crippen LogP contribution in [-0.2, 0) is 11.2 Å². The Kier molecular flexibility index (Phi) is 5.11. The molecule has 0 bridgehead atoms. The molecule has 1 aliphatic rings. The second kappa shape index (κ2) is 7.46. The van der Waals surface area contributed by atoms with Crippen molar-refractivity contribution in [1.29, 1.82) is 0 Å². The highest BCUT2D eigenvalue weighted by Crippen LogP contribution is 2.20. The zero-order chi connectivity index (χ0) is 17.8.